The van der Waals surface area contributed by atoms with Gasteiger partial charge in [-0.15, -0.1) is 0 Å². The van der Waals surface area contributed by atoms with Crippen LogP contribution >= 0.6 is 0 Å². The van der Waals surface area contributed by atoms with E-state index < -0.39 is 11.5 Å². The minimum absolute atomic E-state index is 0.582. The molecule has 3 N–H and O–H groups in total. The minimum atomic E-state index is -0.918. The molecular weight excluding hydrogens is 178 g/mol. The van der Waals surface area contributed by atoms with Gasteiger partial charge >= 0.3 is 5.97 Å². The van der Waals surface area contributed by atoms with Crippen molar-refractivity contribution >= 4 is 5.97 Å². The van der Waals surface area contributed by atoms with E-state index in [9.17, 15) is 4.79 Å². The number of nitrogens with two attached hydrogens (primary N) is 1. The van der Waals surface area contributed by atoms with Crippen molar-refractivity contribution in [3.8, 4) is 0 Å². The van der Waals surface area contributed by atoms with Crippen molar-refractivity contribution < 1.29 is 9.90 Å². The van der Waals surface area contributed by atoms with Crippen LogP contribution in [0.5, 0.6) is 0 Å². The van der Waals surface area contributed by atoms with Gasteiger partial charge in [-0.3, -0.25) is 4.79 Å². The second kappa shape index (κ2) is 3.54. The molecule has 3 nitrogen and oxygen atoms in total. The number of fused-ring (bicyclic) bond motifs is 1. The Bertz CT molecular complexity index is 241. The second-order valence-corrected chi connectivity index (χ2v) is 5.01. The lowest BCUT2D eigenvalue weighted by Crippen LogP contribution is -2.53. The van der Waals surface area contributed by atoms with Crippen molar-refractivity contribution in [2.24, 2.45) is 17.6 Å². The molecule has 0 saturated heterocycles. The van der Waals surface area contributed by atoms with Crippen LogP contribution in [0.3, 0.4) is 0 Å². The molecule has 0 radical (unpaired) electrons. The first-order valence-corrected chi connectivity index (χ1v) is 5.64. The van der Waals surface area contributed by atoms with Crippen molar-refractivity contribution in [2.45, 2.75) is 50.5 Å². The summed E-state index contributed by atoms with van der Waals surface area (Å²) in [6.45, 7) is 0. The molecule has 3 atom stereocenters. The number of rotatable bonds is 1. The van der Waals surface area contributed by atoms with Gasteiger partial charge in [0.15, 0.2) is 0 Å². The standard InChI is InChI=1S/C11H19NO2/c12-11(10(13)14)6-5-8-3-1-2-4-9(8)7-11/h8-9H,1-7,12H2,(H,13,14). The van der Waals surface area contributed by atoms with Gasteiger partial charge in [0.25, 0.3) is 0 Å². The number of carbonyl (C=O) groups is 1. The van der Waals surface area contributed by atoms with Crippen LogP contribution < -0.4 is 5.73 Å². The zero-order chi connectivity index (χ0) is 10.2. The molecule has 0 bridgehead atoms. The molecule has 0 aliphatic heterocycles. The highest BCUT2D eigenvalue weighted by Crippen LogP contribution is 2.43. The zero-order valence-electron chi connectivity index (χ0n) is 8.54. The molecule has 80 valence electrons. The van der Waals surface area contributed by atoms with Crippen LogP contribution in [0.4, 0.5) is 0 Å². The Morgan fingerprint density at radius 1 is 1.21 bits per heavy atom. The molecule has 0 amide bonds. The second-order valence-electron chi connectivity index (χ2n) is 5.01. The average Bonchev–Trinajstić information content (AvgIpc) is 2.17. The minimum Gasteiger partial charge on any atom is -0.480 e. The van der Waals surface area contributed by atoms with Crippen LogP contribution in [-0.4, -0.2) is 16.6 Å². The van der Waals surface area contributed by atoms with E-state index >= 15 is 0 Å². The molecular formula is C11H19NO2. The molecule has 2 aliphatic rings. The van der Waals surface area contributed by atoms with Gasteiger partial charge in [-0.1, -0.05) is 25.7 Å². The summed E-state index contributed by atoms with van der Waals surface area (Å²) in [6.07, 6.45) is 7.46. The Labute approximate surface area is 84.7 Å². The molecule has 14 heavy (non-hydrogen) atoms. The smallest absolute Gasteiger partial charge is 0.323 e. The van der Waals surface area contributed by atoms with Crippen molar-refractivity contribution in [1.82, 2.24) is 0 Å². The lowest BCUT2D eigenvalue weighted by atomic mass is 9.65. The zero-order valence-corrected chi connectivity index (χ0v) is 8.54. The van der Waals surface area contributed by atoms with Crippen LogP contribution in [-0.2, 0) is 4.79 Å². The normalized spacial score (nSPS) is 42.9. The molecule has 2 rings (SSSR count). The fourth-order valence-corrected chi connectivity index (χ4v) is 3.14. The third kappa shape index (κ3) is 1.65. The van der Waals surface area contributed by atoms with E-state index in [-0.39, 0.29) is 0 Å². The SMILES string of the molecule is NC1(C(=O)O)CCC2CCCCC2C1. The monoisotopic (exact) mass is 197 g/mol. The number of carboxylic acid groups (broad SMARTS) is 1. The maximum Gasteiger partial charge on any atom is 0.323 e. The molecule has 2 fully saturated rings. The number of aliphatic carboxylic acids is 1. The molecule has 0 spiro atoms. The lowest BCUT2D eigenvalue weighted by Gasteiger charge is -2.42. The first-order chi connectivity index (χ1) is 6.62. The van der Waals surface area contributed by atoms with Crippen LogP contribution in [0, 0.1) is 11.8 Å². The molecule has 2 aliphatic carbocycles. The van der Waals surface area contributed by atoms with E-state index in [1.54, 1.807) is 0 Å². The Morgan fingerprint density at radius 2 is 1.86 bits per heavy atom. The van der Waals surface area contributed by atoms with Crippen molar-refractivity contribution in [1.29, 1.82) is 0 Å². The van der Waals surface area contributed by atoms with Crippen molar-refractivity contribution in [2.75, 3.05) is 0 Å². The van der Waals surface area contributed by atoms with Crippen LogP contribution in [0.15, 0.2) is 0 Å². The summed E-state index contributed by atoms with van der Waals surface area (Å²) in [6, 6.07) is 0. The summed E-state index contributed by atoms with van der Waals surface area (Å²) in [4.78, 5) is 11.0. The highest BCUT2D eigenvalue weighted by molar-refractivity contribution is 5.78. The Kier molecular flexibility index (Phi) is 2.52. The van der Waals surface area contributed by atoms with Gasteiger partial charge in [-0.05, 0) is 31.1 Å². The van der Waals surface area contributed by atoms with Crippen LogP contribution in [0.25, 0.3) is 0 Å². The third-order valence-corrected chi connectivity index (χ3v) is 4.08. The van der Waals surface area contributed by atoms with Gasteiger partial charge in [-0.25, -0.2) is 0 Å². The van der Waals surface area contributed by atoms with E-state index in [2.05, 4.69) is 0 Å². The maximum atomic E-state index is 11.0. The van der Waals surface area contributed by atoms with Crippen LogP contribution in [0.1, 0.15) is 44.9 Å². The number of carboxylic acids is 1. The van der Waals surface area contributed by atoms with E-state index in [1.807, 2.05) is 0 Å². The highest BCUT2D eigenvalue weighted by atomic mass is 16.4. The fourth-order valence-electron chi connectivity index (χ4n) is 3.14. The summed E-state index contributed by atoms with van der Waals surface area (Å²) in [5, 5.41) is 9.06. The summed E-state index contributed by atoms with van der Waals surface area (Å²) >= 11 is 0. The highest BCUT2D eigenvalue weighted by Gasteiger charge is 2.43. The van der Waals surface area contributed by atoms with E-state index in [4.69, 9.17) is 10.8 Å². The Hall–Kier alpha value is -0.570. The summed E-state index contributed by atoms with van der Waals surface area (Å²) in [5.74, 6) is 0.542. The van der Waals surface area contributed by atoms with Crippen molar-refractivity contribution in [3.05, 3.63) is 0 Å². The lowest BCUT2D eigenvalue weighted by molar-refractivity contribution is -0.146. The number of hydrogen-bond donors (Lipinski definition) is 2. The van der Waals surface area contributed by atoms with Gasteiger partial charge in [0, 0.05) is 0 Å². The Balaban J connectivity index is 2.05. The first-order valence-electron chi connectivity index (χ1n) is 5.64. The van der Waals surface area contributed by atoms with Gasteiger partial charge in [-0.2, -0.15) is 0 Å². The molecule has 0 aromatic rings. The Morgan fingerprint density at radius 3 is 2.50 bits per heavy atom. The van der Waals surface area contributed by atoms with Gasteiger partial charge in [0.05, 0.1) is 0 Å². The van der Waals surface area contributed by atoms with Gasteiger partial charge < -0.3 is 10.8 Å². The van der Waals surface area contributed by atoms with E-state index in [0.29, 0.717) is 18.8 Å². The van der Waals surface area contributed by atoms with Gasteiger partial charge in [0.1, 0.15) is 5.54 Å². The van der Waals surface area contributed by atoms with Crippen LogP contribution in [0.2, 0.25) is 0 Å². The first kappa shape index (κ1) is 9.97. The molecule has 2 saturated carbocycles. The molecule has 0 aromatic carbocycles. The predicted octanol–water partition coefficient (Wildman–Crippen LogP) is 1.76. The topological polar surface area (TPSA) is 63.3 Å². The van der Waals surface area contributed by atoms with Crippen molar-refractivity contribution in [3.63, 3.8) is 0 Å². The quantitative estimate of drug-likeness (QED) is 0.673. The molecule has 3 heteroatoms. The molecule has 0 heterocycles. The maximum absolute atomic E-state index is 11.0. The number of hydrogen-bond acceptors (Lipinski definition) is 2. The summed E-state index contributed by atoms with van der Waals surface area (Å²) in [7, 11) is 0. The molecule has 3 unspecified atom stereocenters. The van der Waals surface area contributed by atoms with E-state index in [1.165, 1.54) is 25.7 Å². The van der Waals surface area contributed by atoms with Gasteiger partial charge in [0.2, 0.25) is 0 Å². The largest absolute Gasteiger partial charge is 0.480 e. The van der Waals surface area contributed by atoms with E-state index in [0.717, 1.165) is 12.3 Å². The predicted molar refractivity (Wildman–Crippen MR) is 53.9 cm³/mol. The summed E-state index contributed by atoms with van der Waals surface area (Å²) < 4.78 is 0. The fraction of sp³-hybridized carbons (Fsp3) is 0.909. The third-order valence-electron chi connectivity index (χ3n) is 4.08. The summed E-state index contributed by atoms with van der Waals surface area (Å²) in [5.41, 5.74) is 4.99. The molecule has 0 aromatic heterocycles. The average molecular weight is 197 g/mol.